The van der Waals surface area contributed by atoms with E-state index in [1.54, 1.807) is 13.2 Å². The fourth-order valence-electron chi connectivity index (χ4n) is 4.95. The molecule has 3 N–H and O–H groups in total. The van der Waals surface area contributed by atoms with Gasteiger partial charge in [0, 0.05) is 31.9 Å². The van der Waals surface area contributed by atoms with Gasteiger partial charge in [0.15, 0.2) is 8.32 Å². The van der Waals surface area contributed by atoms with Crippen molar-refractivity contribution in [2.45, 2.75) is 82.5 Å². The zero-order valence-electron chi connectivity index (χ0n) is 23.0. The third-order valence-electron chi connectivity index (χ3n) is 8.00. The van der Waals surface area contributed by atoms with E-state index in [0.29, 0.717) is 24.5 Å². The van der Waals surface area contributed by atoms with Crippen LogP contribution in [0.2, 0.25) is 18.1 Å². The predicted octanol–water partition coefficient (Wildman–Crippen LogP) is 3.97. The maximum absolute atomic E-state index is 11.5. The predicted molar refractivity (Wildman–Crippen MR) is 148 cm³/mol. The number of hydrogen-bond donors (Lipinski definition) is 2. The first-order valence-corrected chi connectivity index (χ1v) is 17.3. The van der Waals surface area contributed by atoms with Crippen LogP contribution in [0.15, 0.2) is 36.7 Å². The molecule has 12 heteroatoms. The first-order valence-electron chi connectivity index (χ1n) is 13.0. The number of benzene rings is 1. The molecule has 2 aliphatic carbocycles. The highest BCUT2D eigenvalue weighted by Gasteiger charge is 2.45. The molecule has 5 atom stereocenters. The summed E-state index contributed by atoms with van der Waals surface area (Å²) in [5.74, 6) is 0.899. The molecule has 1 heterocycles. The maximum Gasteiger partial charge on any atom is 0.333 e. The topological polar surface area (TPSA) is 135 Å². The smallest absolute Gasteiger partial charge is 0.333 e. The molecule has 2 aliphatic rings. The lowest BCUT2D eigenvalue weighted by molar-refractivity contribution is 0.0959. The molecule has 0 radical (unpaired) electrons. The lowest BCUT2D eigenvalue weighted by Gasteiger charge is -2.39. The van der Waals surface area contributed by atoms with Gasteiger partial charge in [-0.15, -0.1) is 0 Å². The summed E-state index contributed by atoms with van der Waals surface area (Å²) in [4.78, 5) is 8.73. The Morgan fingerprint density at radius 3 is 2.55 bits per heavy atom. The van der Waals surface area contributed by atoms with Crippen molar-refractivity contribution in [3.63, 3.8) is 0 Å². The standard InChI is InChI=1S/C26H40N4O6SSi/c1-26(2,3)38(5,6)36-21-13-19(11-18(21)15-34-37(27,31)32)35-24-14-23(28-16-29-24)30-25-20-10-8-7-9-17(20)12-22(25)33-4/h7-10,14,16,18-19,21-22,25H,11-13,15H2,1-6H3,(H2,27,31,32)(H,28,29,30)/t18-,19+,21-,22-,25+/m0/s1. The van der Waals surface area contributed by atoms with E-state index in [-0.39, 0.29) is 41.9 Å². The van der Waals surface area contributed by atoms with Crippen molar-refractivity contribution in [1.29, 1.82) is 0 Å². The lowest BCUT2D eigenvalue weighted by Crippen LogP contribution is -2.45. The summed E-state index contributed by atoms with van der Waals surface area (Å²) < 4.78 is 46.6. The number of ether oxygens (including phenoxy) is 2. The normalized spacial score (nSPS) is 25.8. The first-order chi connectivity index (χ1) is 17.8. The van der Waals surface area contributed by atoms with E-state index in [0.717, 1.165) is 6.42 Å². The van der Waals surface area contributed by atoms with Crippen molar-refractivity contribution >= 4 is 24.4 Å². The highest BCUT2D eigenvalue weighted by molar-refractivity contribution is 7.84. The summed E-state index contributed by atoms with van der Waals surface area (Å²) in [5, 5.41) is 8.59. The molecule has 38 heavy (non-hydrogen) atoms. The first kappa shape index (κ1) is 28.9. The molecule has 2 aromatic rings. The van der Waals surface area contributed by atoms with Gasteiger partial charge >= 0.3 is 10.3 Å². The van der Waals surface area contributed by atoms with E-state index in [2.05, 4.69) is 61.3 Å². The van der Waals surface area contributed by atoms with Gasteiger partial charge in [0.25, 0.3) is 0 Å². The zero-order chi connectivity index (χ0) is 27.7. The van der Waals surface area contributed by atoms with Crippen LogP contribution >= 0.6 is 0 Å². The van der Waals surface area contributed by atoms with E-state index < -0.39 is 18.6 Å². The number of nitrogens with zero attached hydrogens (tertiary/aromatic N) is 2. The van der Waals surface area contributed by atoms with Crippen LogP contribution in [-0.2, 0) is 30.1 Å². The van der Waals surface area contributed by atoms with Gasteiger partial charge in [0.05, 0.1) is 24.9 Å². The van der Waals surface area contributed by atoms with Gasteiger partial charge in [-0.25, -0.2) is 15.1 Å². The van der Waals surface area contributed by atoms with E-state index in [9.17, 15) is 8.42 Å². The van der Waals surface area contributed by atoms with Crippen LogP contribution in [0.25, 0.3) is 0 Å². The SMILES string of the molecule is CO[C@H]1Cc2ccccc2[C@H]1Nc1cc(O[C@@H]2C[C@@H](COS(N)(=O)=O)[C@@H](O[Si](C)(C)C(C)(C)C)C2)ncn1. The van der Waals surface area contributed by atoms with Gasteiger partial charge < -0.3 is 19.2 Å². The van der Waals surface area contributed by atoms with Crippen LogP contribution in [-0.4, -0.2) is 58.7 Å². The molecule has 4 rings (SSSR count). The second kappa shape index (κ2) is 11.2. The molecule has 210 valence electrons. The van der Waals surface area contributed by atoms with Gasteiger partial charge in [-0.1, -0.05) is 45.0 Å². The van der Waals surface area contributed by atoms with Gasteiger partial charge in [-0.3, -0.25) is 4.18 Å². The van der Waals surface area contributed by atoms with Gasteiger partial charge in [-0.05, 0) is 35.7 Å². The summed E-state index contributed by atoms with van der Waals surface area (Å²) in [5.41, 5.74) is 2.45. The van der Waals surface area contributed by atoms with E-state index >= 15 is 0 Å². The number of aromatic nitrogens is 2. The number of methoxy groups -OCH3 is 1. The third-order valence-corrected chi connectivity index (χ3v) is 13.0. The number of anilines is 1. The van der Waals surface area contributed by atoms with Crippen LogP contribution in [0, 0.1) is 5.92 Å². The molecule has 1 saturated carbocycles. The highest BCUT2D eigenvalue weighted by atomic mass is 32.2. The van der Waals surface area contributed by atoms with Gasteiger partial charge in [0.1, 0.15) is 18.2 Å². The van der Waals surface area contributed by atoms with Crippen molar-refractivity contribution in [3.05, 3.63) is 47.8 Å². The fraction of sp³-hybridized carbons (Fsp3) is 0.615. The van der Waals surface area contributed by atoms with E-state index in [4.69, 9.17) is 23.2 Å². The van der Waals surface area contributed by atoms with Crippen LogP contribution in [0.3, 0.4) is 0 Å². The average molecular weight is 565 g/mol. The Balaban J connectivity index is 1.46. The molecule has 1 fully saturated rings. The van der Waals surface area contributed by atoms with Crippen molar-refractivity contribution < 1.29 is 26.5 Å². The number of rotatable bonds is 10. The van der Waals surface area contributed by atoms with Crippen LogP contribution < -0.4 is 15.2 Å². The molecule has 0 bridgehead atoms. The molecule has 0 unspecified atom stereocenters. The lowest BCUT2D eigenvalue weighted by atomic mass is 10.1. The third kappa shape index (κ3) is 6.91. The molecule has 0 saturated heterocycles. The Hall–Kier alpha value is -2.09. The summed E-state index contributed by atoms with van der Waals surface area (Å²) in [7, 11) is -4.45. The quantitative estimate of drug-likeness (QED) is 0.411. The number of nitrogens with two attached hydrogens (primary N) is 1. The zero-order valence-corrected chi connectivity index (χ0v) is 24.8. The van der Waals surface area contributed by atoms with Crippen LogP contribution in [0.5, 0.6) is 5.88 Å². The Morgan fingerprint density at radius 1 is 1.13 bits per heavy atom. The summed E-state index contributed by atoms with van der Waals surface area (Å²) in [6, 6.07) is 10.0. The van der Waals surface area contributed by atoms with E-state index in [1.165, 1.54) is 17.5 Å². The van der Waals surface area contributed by atoms with E-state index in [1.807, 2.05) is 12.1 Å². The molecular weight excluding hydrogens is 524 g/mol. The highest BCUT2D eigenvalue weighted by Crippen LogP contribution is 2.42. The number of fused-ring (bicyclic) bond motifs is 1. The van der Waals surface area contributed by atoms with Crippen molar-refractivity contribution in [3.8, 4) is 5.88 Å². The molecule has 10 nitrogen and oxygen atoms in total. The van der Waals surface area contributed by atoms with Gasteiger partial charge in [-0.2, -0.15) is 8.42 Å². The monoisotopic (exact) mass is 564 g/mol. The van der Waals surface area contributed by atoms with Crippen molar-refractivity contribution in [2.75, 3.05) is 19.0 Å². The molecule has 1 aromatic carbocycles. The molecule has 0 amide bonds. The van der Waals surface area contributed by atoms with Crippen LogP contribution in [0.1, 0.15) is 50.8 Å². The average Bonchev–Trinajstić information content (AvgIpc) is 3.36. The summed E-state index contributed by atoms with van der Waals surface area (Å²) >= 11 is 0. The summed E-state index contributed by atoms with van der Waals surface area (Å²) in [6.45, 7) is 10.8. The Kier molecular flexibility index (Phi) is 8.51. The number of hydrogen-bond acceptors (Lipinski definition) is 9. The largest absolute Gasteiger partial charge is 0.474 e. The molecule has 0 aliphatic heterocycles. The summed E-state index contributed by atoms with van der Waals surface area (Å²) in [6.07, 6.45) is 3.02. The second-order valence-corrected chi connectivity index (χ2v) is 17.7. The second-order valence-electron chi connectivity index (χ2n) is 11.7. The van der Waals surface area contributed by atoms with Crippen molar-refractivity contribution in [1.82, 2.24) is 9.97 Å². The Bertz CT molecular complexity index is 1220. The maximum atomic E-state index is 11.5. The molecule has 1 aromatic heterocycles. The minimum Gasteiger partial charge on any atom is -0.474 e. The fourth-order valence-corrected chi connectivity index (χ4v) is 6.72. The number of nitrogens with one attached hydrogen (secondary N) is 1. The Labute approximate surface area is 227 Å². The molecule has 0 spiro atoms. The minimum absolute atomic E-state index is 0.00341. The van der Waals surface area contributed by atoms with Gasteiger partial charge in [0.2, 0.25) is 5.88 Å². The minimum atomic E-state index is -4.05. The Morgan fingerprint density at radius 2 is 1.87 bits per heavy atom. The van der Waals surface area contributed by atoms with Crippen molar-refractivity contribution in [2.24, 2.45) is 11.1 Å². The molecular formula is C26H40N4O6SSi. The van der Waals surface area contributed by atoms with Crippen LogP contribution in [0.4, 0.5) is 5.82 Å².